The second-order valence-corrected chi connectivity index (χ2v) is 4.38. The van der Waals surface area contributed by atoms with Crippen LogP contribution < -0.4 is 10.2 Å². The number of anilines is 1. The molecule has 1 aliphatic heterocycles. The molecule has 3 N–H and O–H groups in total. The maximum Gasteiger partial charge on any atom is 0.245 e. The topological polar surface area (TPSA) is 77.1 Å². The van der Waals surface area contributed by atoms with E-state index in [9.17, 15) is 9.50 Å². The number of hydrogen-bond donors (Lipinski definition) is 3. The largest absolute Gasteiger partial charge is 0.507 e. The Bertz CT molecular complexity index is 579. The number of H-pyrrole nitrogens is 1. The van der Waals surface area contributed by atoms with Crippen molar-refractivity contribution in [1.82, 2.24) is 20.5 Å². The van der Waals surface area contributed by atoms with Crippen LogP contribution in [0.2, 0.25) is 0 Å². The molecule has 19 heavy (non-hydrogen) atoms. The molecular formula is C12H14FN5O. The van der Waals surface area contributed by atoms with E-state index >= 15 is 0 Å². The second-order valence-electron chi connectivity index (χ2n) is 4.38. The summed E-state index contributed by atoms with van der Waals surface area (Å²) in [5.41, 5.74) is 0.314. The van der Waals surface area contributed by atoms with Gasteiger partial charge in [-0.1, -0.05) is 0 Å². The minimum Gasteiger partial charge on any atom is -0.507 e. The number of aromatic amines is 1. The van der Waals surface area contributed by atoms with E-state index in [4.69, 9.17) is 0 Å². The van der Waals surface area contributed by atoms with Crippen LogP contribution in [-0.4, -0.2) is 46.5 Å². The molecule has 0 saturated carbocycles. The number of benzene rings is 1. The Balaban J connectivity index is 1.89. The van der Waals surface area contributed by atoms with Gasteiger partial charge in [0.25, 0.3) is 0 Å². The fraction of sp³-hybridized carbons (Fsp3) is 0.333. The number of aromatic nitrogens is 3. The Morgan fingerprint density at radius 1 is 1.26 bits per heavy atom. The lowest BCUT2D eigenvalue weighted by Gasteiger charge is -2.25. The standard InChI is InChI=1S/C12H14FN5O/c13-8-1-2-10(19)9(7-8)11-15-12(17-16-11)18-5-3-14-4-6-18/h1-2,7,14,19H,3-6H2,(H,15,16,17). The van der Waals surface area contributed by atoms with Gasteiger partial charge in [0.15, 0.2) is 5.82 Å². The third-order valence-corrected chi connectivity index (χ3v) is 3.09. The Hall–Kier alpha value is -2.15. The van der Waals surface area contributed by atoms with Crippen LogP contribution in [0.25, 0.3) is 11.4 Å². The molecule has 100 valence electrons. The van der Waals surface area contributed by atoms with Gasteiger partial charge in [0.1, 0.15) is 11.6 Å². The van der Waals surface area contributed by atoms with E-state index in [0.717, 1.165) is 26.2 Å². The zero-order chi connectivity index (χ0) is 13.2. The van der Waals surface area contributed by atoms with Crippen molar-refractivity contribution in [2.45, 2.75) is 0 Å². The summed E-state index contributed by atoms with van der Waals surface area (Å²) in [4.78, 5) is 6.35. The molecule has 0 spiro atoms. The first-order valence-corrected chi connectivity index (χ1v) is 6.11. The van der Waals surface area contributed by atoms with Gasteiger partial charge in [-0.15, -0.1) is 5.10 Å². The van der Waals surface area contributed by atoms with Crippen molar-refractivity contribution in [2.24, 2.45) is 0 Å². The molecule has 1 aromatic carbocycles. The van der Waals surface area contributed by atoms with Gasteiger partial charge in [0, 0.05) is 26.2 Å². The maximum atomic E-state index is 13.2. The Kier molecular flexibility index (Phi) is 3.04. The number of piperazine rings is 1. The summed E-state index contributed by atoms with van der Waals surface area (Å²) in [7, 11) is 0. The predicted octanol–water partition coefficient (Wildman–Crippen LogP) is 0.726. The molecule has 2 aromatic rings. The van der Waals surface area contributed by atoms with E-state index in [1.165, 1.54) is 18.2 Å². The van der Waals surface area contributed by atoms with Gasteiger partial charge >= 0.3 is 0 Å². The number of halogens is 1. The van der Waals surface area contributed by atoms with Crippen LogP contribution in [0.3, 0.4) is 0 Å². The lowest BCUT2D eigenvalue weighted by Crippen LogP contribution is -2.44. The number of aromatic hydroxyl groups is 1. The number of phenolic OH excluding ortho intramolecular Hbond substituents is 1. The van der Waals surface area contributed by atoms with Crippen molar-refractivity contribution in [3.8, 4) is 17.1 Å². The van der Waals surface area contributed by atoms with E-state index in [1.54, 1.807) is 0 Å². The fourth-order valence-electron chi connectivity index (χ4n) is 2.08. The van der Waals surface area contributed by atoms with Gasteiger partial charge in [-0.2, -0.15) is 4.98 Å². The van der Waals surface area contributed by atoms with Crippen LogP contribution in [0.4, 0.5) is 10.3 Å². The average molecular weight is 263 g/mol. The molecule has 6 nitrogen and oxygen atoms in total. The normalized spacial score (nSPS) is 15.7. The summed E-state index contributed by atoms with van der Waals surface area (Å²) >= 11 is 0. The summed E-state index contributed by atoms with van der Waals surface area (Å²) in [6.07, 6.45) is 0. The van der Waals surface area contributed by atoms with Gasteiger partial charge < -0.3 is 15.3 Å². The number of rotatable bonds is 2. The first kappa shape index (κ1) is 11.9. The minimum atomic E-state index is -0.423. The summed E-state index contributed by atoms with van der Waals surface area (Å²) < 4.78 is 13.2. The van der Waals surface area contributed by atoms with Crippen molar-refractivity contribution in [1.29, 1.82) is 0 Å². The molecule has 1 aromatic heterocycles. The van der Waals surface area contributed by atoms with Crippen molar-refractivity contribution in [3.05, 3.63) is 24.0 Å². The predicted molar refractivity (Wildman–Crippen MR) is 68.5 cm³/mol. The summed E-state index contributed by atoms with van der Waals surface area (Å²) in [5, 5.41) is 19.8. The summed E-state index contributed by atoms with van der Waals surface area (Å²) in [6.45, 7) is 3.42. The molecule has 0 aliphatic carbocycles. The molecule has 0 atom stereocenters. The third kappa shape index (κ3) is 2.37. The second kappa shape index (κ2) is 4.85. The molecule has 7 heteroatoms. The number of hydrogen-bond acceptors (Lipinski definition) is 5. The van der Waals surface area contributed by atoms with Gasteiger partial charge in [-0.3, -0.25) is 5.10 Å². The highest BCUT2D eigenvalue weighted by Gasteiger charge is 2.17. The maximum absolute atomic E-state index is 13.2. The highest BCUT2D eigenvalue weighted by Crippen LogP contribution is 2.27. The summed E-state index contributed by atoms with van der Waals surface area (Å²) in [5.74, 6) is 0.489. The zero-order valence-corrected chi connectivity index (χ0v) is 10.2. The van der Waals surface area contributed by atoms with Crippen LogP contribution in [-0.2, 0) is 0 Å². The summed E-state index contributed by atoms with van der Waals surface area (Å²) in [6, 6.07) is 3.74. The molecule has 1 saturated heterocycles. The average Bonchev–Trinajstić information content (AvgIpc) is 2.92. The van der Waals surface area contributed by atoms with E-state index in [2.05, 4.69) is 20.5 Å². The lowest BCUT2D eigenvalue weighted by molar-refractivity contribution is 0.475. The molecule has 1 fully saturated rings. The van der Waals surface area contributed by atoms with Crippen molar-refractivity contribution in [2.75, 3.05) is 31.1 Å². The van der Waals surface area contributed by atoms with E-state index in [1.807, 2.05) is 4.90 Å². The van der Waals surface area contributed by atoms with Crippen molar-refractivity contribution in [3.63, 3.8) is 0 Å². The smallest absolute Gasteiger partial charge is 0.245 e. The highest BCUT2D eigenvalue weighted by atomic mass is 19.1. The quantitative estimate of drug-likeness (QED) is 0.744. The molecule has 0 amide bonds. The van der Waals surface area contributed by atoms with Crippen molar-refractivity contribution < 1.29 is 9.50 Å². The Morgan fingerprint density at radius 3 is 2.84 bits per heavy atom. The molecule has 1 aliphatic rings. The van der Waals surface area contributed by atoms with Crippen LogP contribution in [0.5, 0.6) is 5.75 Å². The van der Waals surface area contributed by atoms with Crippen LogP contribution >= 0.6 is 0 Å². The van der Waals surface area contributed by atoms with Crippen molar-refractivity contribution >= 4 is 5.95 Å². The highest BCUT2D eigenvalue weighted by molar-refractivity contribution is 5.64. The van der Waals surface area contributed by atoms with E-state index in [-0.39, 0.29) is 5.75 Å². The minimum absolute atomic E-state index is 0.0237. The molecule has 3 rings (SSSR count). The molecule has 0 bridgehead atoms. The van der Waals surface area contributed by atoms with Crippen LogP contribution in [0.1, 0.15) is 0 Å². The Labute approximate surface area is 109 Å². The number of phenols is 1. The van der Waals surface area contributed by atoms with Crippen LogP contribution in [0, 0.1) is 5.82 Å². The molecule has 2 heterocycles. The van der Waals surface area contributed by atoms with E-state index < -0.39 is 5.82 Å². The molecule has 0 radical (unpaired) electrons. The number of nitrogens with one attached hydrogen (secondary N) is 2. The Morgan fingerprint density at radius 2 is 2.05 bits per heavy atom. The van der Waals surface area contributed by atoms with E-state index in [0.29, 0.717) is 17.3 Å². The lowest BCUT2D eigenvalue weighted by atomic mass is 10.2. The monoisotopic (exact) mass is 263 g/mol. The van der Waals surface area contributed by atoms with Gasteiger partial charge in [-0.25, -0.2) is 4.39 Å². The number of nitrogens with zero attached hydrogens (tertiary/aromatic N) is 3. The molecular weight excluding hydrogens is 249 g/mol. The first-order valence-electron chi connectivity index (χ1n) is 6.11. The third-order valence-electron chi connectivity index (χ3n) is 3.09. The zero-order valence-electron chi connectivity index (χ0n) is 10.2. The first-order chi connectivity index (χ1) is 9.24. The van der Waals surface area contributed by atoms with Gasteiger partial charge in [0.05, 0.1) is 5.56 Å². The fourth-order valence-corrected chi connectivity index (χ4v) is 2.08. The molecule has 0 unspecified atom stereocenters. The SMILES string of the molecule is Oc1ccc(F)cc1-c1nc(N2CCNCC2)n[nH]1. The van der Waals surface area contributed by atoms with Gasteiger partial charge in [-0.05, 0) is 18.2 Å². The van der Waals surface area contributed by atoms with Crippen LogP contribution in [0.15, 0.2) is 18.2 Å². The van der Waals surface area contributed by atoms with Gasteiger partial charge in [0.2, 0.25) is 5.95 Å².